The van der Waals surface area contributed by atoms with E-state index in [4.69, 9.17) is 13.1 Å². The molecule has 0 aliphatic rings. The van der Waals surface area contributed by atoms with E-state index in [0.29, 0.717) is 11.0 Å². The van der Waals surface area contributed by atoms with E-state index in [1.54, 1.807) is 25.2 Å². The number of nitrogens with one attached hydrogen (secondary N) is 1. The van der Waals surface area contributed by atoms with Gasteiger partial charge in [0.2, 0.25) is 0 Å². The van der Waals surface area contributed by atoms with Crippen LogP contribution in [0.1, 0.15) is 5.56 Å². The topological polar surface area (TPSA) is 35.8 Å². The number of anilines is 1. The van der Waals surface area contributed by atoms with Crippen molar-refractivity contribution in [1.29, 1.82) is 5.26 Å². The predicted octanol–water partition coefficient (Wildman–Crippen LogP) is 0.394. The molecule has 0 amide bonds. The van der Waals surface area contributed by atoms with E-state index in [2.05, 4.69) is 5.32 Å². The Morgan fingerprint density at radius 1 is 1.55 bits per heavy atom. The van der Waals surface area contributed by atoms with Crippen molar-refractivity contribution in [2.45, 2.75) is 0 Å². The van der Waals surface area contributed by atoms with Gasteiger partial charge in [-0.1, -0.05) is 11.5 Å². The van der Waals surface area contributed by atoms with Crippen LogP contribution in [-0.2, 0) is 0 Å². The van der Waals surface area contributed by atoms with Crippen LogP contribution in [0.15, 0.2) is 18.2 Å². The maximum Gasteiger partial charge on any atom is 0.113 e. The fourth-order valence-electron chi connectivity index (χ4n) is 0.872. The van der Waals surface area contributed by atoms with Gasteiger partial charge in [0.25, 0.3) is 0 Å². The first-order chi connectivity index (χ1) is 5.27. The summed E-state index contributed by atoms with van der Waals surface area (Å²) in [4.78, 5) is 0. The molecule has 1 aromatic carbocycles. The van der Waals surface area contributed by atoms with Gasteiger partial charge in [0.1, 0.15) is 13.9 Å². The fraction of sp³-hybridized carbons (Fsp3) is 0.125. The van der Waals surface area contributed by atoms with Gasteiger partial charge in [0.05, 0.1) is 11.3 Å². The molecule has 0 aliphatic carbocycles. The summed E-state index contributed by atoms with van der Waals surface area (Å²) >= 11 is 0. The smallest absolute Gasteiger partial charge is 0.113 e. The van der Waals surface area contributed by atoms with Gasteiger partial charge in [-0.2, -0.15) is 5.26 Å². The minimum absolute atomic E-state index is 0.576. The van der Waals surface area contributed by atoms with Crippen molar-refractivity contribution in [3.63, 3.8) is 0 Å². The van der Waals surface area contributed by atoms with Crippen molar-refractivity contribution in [3.8, 4) is 6.07 Å². The lowest BCUT2D eigenvalue weighted by Gasteiger charge is -2.02. The summed E-state index contributed by atoms with van der Waals surface area (Å²) in [6.45, 7) is 0. The number of nitrogens with zero attached hydrogens (tertiary/aromatic N) is 1. The van der Waals surface area contributed by atoms with E-state index in [-0.39, 0.29) is 0 Å². The van der Waals surface area contributed by atoms with Crippen molar-refractivity contribution in [2.75, 3.05) is 12.4 Å². The van der Waals surface area contributed by atoms with Crippen LogP contribution in [0.2, 0.25) is 0 Å². The highest BCUT2D eigenvalue weighted by Crippen LogP contribution is 2.10. The van der Waals surface area contributed by atoms with Gasteiger partial charge >= 0.3 is 0 Å². The third-order valence-electron chi connectivity index (χ3n) is 1.43. The molecular weight excluding hydrogens is 135 g/mol. The molecule has 0 saturated heterocycles. The Morgan fingerprint density at radius 3 is 2.82 bits per heavy atom. The lowest BCUT2D eigenvalue weighted by molar-refractivity contribution is 1.45. The maximum atomic E-state index is 8.63. The van der Waals surface area contributed by atoms with Crippen molar-refractivity contribution in [1.82, 2.24) is 0 Å². The van der Waals surface area contributed by atoms with Gasteiger partial charge in [-0.25, -0.2) is 0 Å². The minimum atomic E-state index is 0.576. The maximum absolute atomic E-state index is 8.63. The quantitative estimate of drug-likeness (QED) is 0.575. The molecule has 0 atom stereocenters. The highest BCUT2D eigenvalue weighted by Gasteiger charge is 1.97. The van der Waals surface area contributed by atoms with Crippen molar-refractivity contribution in [3.05, 3.63) is 23.8 Å². The third-order valence-corrected chi connectivity index (χ3v) is 1.43. The van der Waals surface area contributed by atoms with E-state index in [0.717, 1.165) is 5.69 Å². The molecule has 0 saturated carbocycles. The van der Waals surface area contributed by atoms with Gasteiger partial charge in [-0.05, 0) is 12.1 Å². The summed E-state index contributed by atoms with van der Waals surface area (Å²) in [5, 5.41) is 11.5. The van der Waals surface area contributed by atoms with Crippen LogP contribution in [-0.4, -0.2) is 14.9 Å². The number of rotatable bonds is 1. The van der Waals surface area contributed by atoms with Crippen molar-refractivity contribution >= 4 is 19.0 Å². The van der Waals surface area contributed by atoms with Gasteiger partial charge in [0.15, 0.2) is 0 Å². The molecule has 11 heavy (non-hydrogen) atoms. The summed E-state index contributed by atoms with van der Waals surface area (Å²) in [5.74, 6) is 0. The largest absolute Gasteiger partial charge is 0.387 e. The first kappa shape index (κ1) is 7.68. The number of benzene rings is 1. The monoisotopic (exact) mass is 142 g/mol. The van der Waals surface area contributed by atoms with Crippen molar-refractivity contribution in [2.24, 2.45) is 0 Å². The zero-order valence-electron chi connectivity index (χ0n) is 6.26. The Balaban J connectivity index is 3.19. The average Bonchev–Trinajstić information content (AvgIpc) is 2.04. The molecule has 0 fully saturated rings. The molecule has 3 heteroatoms. The summed E-state index contributed by atoms with van der Waals surface area (Å²) in [7, 11) is 7.25. The molecule has 1 N–H and O–H groups in total. The van der Waals surface area contributed by atoms with Crippen LogP contribution >= 0.6 is 0 Å². The fourth-order valence-corrected chi connectivity index (χ4v) is 0.872. The Morgan fingerprint density at radius 2 is 2.27 bits per heavy atom. The summed E-state index contributed by atoms with van der Waals surface area (Å²) in [5.41, 5.74) is 2.00. The zero-order chi connectivity index (χ0) is 8.27. The Bertz CT molecular complexity index is 301. The molecule has 1 aromatic rings. The second-order valence-electron chi connectivity index (χ2n) is 2.17. The molecule has 1 rings (SSSR count). The van der Waals surface area contributed by atoms with Gasteiger partial charge in [-0.15, -0.1) is 0 Å². The summed E-state index contributed by atoms with van der Waals surface area (Å²) in [6.07, 6.45) is 0. The normalized spacial score (nSPS) is 8.73. The Kier molecular flexibility index (Phi) is 2.17. The van der Waals surface area contributed by atoms with Gasteiger partial charge < -0.3 is 5.32 Å². The van der Waals surface area contributed by atoms with E-state index < -0.39 is 0 Å². The zero-order valence-corrected chi connectivity index (χ0v) is 6.26. The molecule has 0 spiro atoms. The molecule has 52 valence electrons. The van der Waals surface area contributed by atoms with Crippen LogP contribution in [0.3, 0.4) is 0 Å². The van der Waals surface area contributed by atoms with E-state index in [1.165, 1.54) is 0 Å². The van der Waals surface area contributed by atoms with E-state index in [9.17, 15) is 0 Å². The summed E-state index contributed by atoms with van der Waals surface area (Å²) < 4.78 is 0. The second-order valence-corrected chi connectivity index (χ2v) is 2.17. The van der Waals surface area contributed by atoms with Crippen molar-refractivity contribution < 1.29 is 0 Å². The first-order valence-corrected chi connectivity index (χ1v) is 3.25. The molecular formula is C8H7BN2. The molecule has 2 radical (unpaired) electrons. The standard InChI is InChI=1S/C8H7BN2/c1-11-8-3-2-7(9)4-6(8)5-10/h2-4,11H,1H3. The number of nitriles is 1. The molecule has 0 unspecified atom stereocenters. The Labute approximate surface area is 67.3 Å². The molecule has 2 nitrogen and oxygen atoms in total. The van der Waals surface area contributed by atoms with Gasteiger partial charge in [0, 0.05) is 7.05 Å². The lowest BCUT2D eigenvalue weighted by atomic mass is 9.94. The molecule has 0 heterocycles. The van der Waals surface area contributed by atoms with Crippen LogP contribution in [0.5, 0.6) is 0 Å². The SMILES string of the molecule is [B]c1ccc(NC)c(C#N)c1. The predicted molar refractivity (Wildman–Crippen MR) is 46.1 cm³/mol. The van der Waals surface area contributed by atoms with Crippen LogP contribution < -0.4 is 10.8 Å². The van der Waals surface area contributed by atoms with Crippen LogP contribution in [0.25, 0.3) is 0 Å². The first-order valence-electron chi connectivity index (χ1n) is 3.25. The number of hydrogen-bond acceptors (Lipinski definition) is 2. The van der Waals surface area contributed by atoms with Gasteiger partial charge in [-0.3, -0.25) is 0 Å². The highest BCUT2D eigenvalue weighted by atomic mass is 14.8. The minimum Gasteiger partial charge on any atom is -0.387 e. The molecule has 0 aromatic heterocycles. The Hall–Kier alpha value is -1.43. The molecule has 0 bridgehead atoms. The van der Waals surface area contributed by atoms with E-state index in [1.807, 2.05) is 6.07 Å². The third kappa shape index (κ3) is 1.53. The van der Waals surface area contributed by atoms with Crippen LogP contribution in [0.4, 0.5) is 5.69 Å². The summed E-state index contributed by atoms with van der Waals surface area (Å²) in [6, 6.07) is 7.23. The number of hydrogen-bond donors (Lipinski definition) is 1. The lowest BCUT2D eigenvalue weighted by Crippen LogP contribution is -2.04. The van der Waals surface area contributed by atoms with E-state index >= 15 is 0 Å². The average molecular weight is 142 g/mol. The molecule has 0 aliphatic heterocycles. The highest BCUT2D eigenvalue weighted by molar-refractivity contribution is 6.32. The van der Waals surface area contributed by atoms with Crippen LogP contribution in [0, 0.1) is 11.3 Å². The second kappa shape index (κ2) is 3.11.